The maximum Gasteiger partial charge on any atom is 0.350 e. The fourth-order valence-corrected chi connectivity index (χ4v) is 3.10. The standard InChI is InChI=1S/C14H20N2O5S/c1-20-13(18)12-11(4-8-22-12)15-14(19)16-5-2-3-10(9-16)21-7-6-17/h4,8,10,17H,2-3,5-7,9H2,1H3,(H,15,19)/t10-/m1/s1. The van der Waals surface area contributed by atoms with Crippen LogP contribution in [0.2, 0.25) is 0 Å². The number of hydrogen-bond acceptors (Lipinski definition) is 6. The molecular weight excluding hydrogens is 308 g/mol. The van der Waals surface area contributed by atoms with Crippen molar-refractivity contribution in [2.75, 3.05) is 38.7 Å². The van der Waals surface area contributed by atoms with Crippen LogP contribution in [-0.2, 0) is 9.47 Å². The summed E-state index contributed by atoms with van der Waals surface area (Å²) < 4.78 is 10.2. The Kier molecular flexibility index (Phi) is 6.17. The quantitative estimate of drug-likeness (QED) is 0.801. The maximum absolute atomic E-state index is 12.3. The molecule has 22 heavy (non-hydrogen) atoms. The lowest BCUT2D eigenvalue weighted by atomic mass is 10.1. The van der Waals surface area contributed by atoms with E-state index in [1.807, 2.05) is 0 Å². The number of esters is 1. The Labute approximate surface area is 132 Å². The average Bonchev–Trinajstić information content (AvgIpc) is 3.00. The molecular formula is C14H20N2O5S. The highest BCUT2D eigenvalue weighted by atomic mass is 32.1. The van der Waals surface area contributed by atoms with Gasteiger partial charge in [0.1, 0.15) is 4.88 Å². The SMILES string of the molecule is COC(=O)c1sccc1NC(=O)N1CCC[C@@H](OCCO)C1. The van der Waals surface area contributed by atoms with E-state index in [0.29, 0.717) is 23.7 Å². The van der Waals surface area contributed by atoms with Crippen LogP contribution in [0.4, 0.5) is 10.5 Å². The Balaban J connectivity index is 1.94. The van der Waals surface area contributed by atoms with Gasteiger partial charge in [0.25, 0.3) is 0 Å². The van der Waals surface area contributed by atoms with E-state index in [1.165, 1.54) is 18.4 Å². The third-order valence-electron chi connectivity index (χ3n) is 3.39. The largest absolute Gasteiger partial charge is 0.465 e. The van der Waals surface area contributed by atoms with E-state index in [2.05, 4.69) is 10.1 Å². The van der Waals surface area contributed by atoms with Gasteiger partial charge in [0.15, 0.2) is 0 Å². The first-order valence-corrected chi connectivity index (χ1v) is 7.98. The lowest BCUT2D eigenvalue weighted by Crippen LogP contribution is -2.45. The molecule has 8 heteroatoms. The van der Waals surface area contributed by atoms with Gasteiger partial charge in [-0.1, -0.05) is 0 Å². The second-order valence-electron chi connectivity index (χ2n) is 4.89. The number of carbonyl (C=O) groups excluding carboxylic acids is 2. The minimum Gasteiger partial charge on any atom is -0.465 e. The van der Waals surface area contributed by atoms with Gasteiger partial charge in [-0.05, 0) is 24.3 Å². The molecule has 1 aliphatic rings. The van der Waals surface area contributed by atoms with E-state index in [4.69, 9.17) is 9.84 Å². The van der Waals surface area contributed by atoms with Crippen molar-refractivity contribution < 1.29 is 24.2 Å². The third kappa shape index (κ3) is 4.19. The van der Waals surface area contributed by atoms with E-state index in [-0.39, 0.29) is 25.3 Å². The lowest BCUT2D eigenvalue weighted by Gasteiger charge is -2.32. The van der Waals surface area contributed by atoms with Crippen LogP contribution in [0.5, 0.6) is 0 Å². The van der Waals surface area contributed by atoms with Gasteiger partial charge in [-0.15, -0.1) is 11.3 Å². The van der Waals surface area contributed by atoms with Crippen LogP contribution >= 0.6 is 11.3 Å². The number of hydrogen-bond donors (Lipinski definition) is 2. The number of aliphatic hydroxyl groups excluding tert-OH is 1. The molecule has 1 aromatic heterocycles. The molecule has 1 atom stereocenters. The summed E-state index contributed by atoms with van der Waals surface area (Å²) in [6, 6.07) is 1.42. The van der Waals surface area contributed by atoms with Crippen LogP contribution in [0.25, 0.3) is 0 Å². The van der Waals surface area contributed by atoms with Gasteiger partial charge in [-0.25, -0.2) is 9.59 Å². The summed E-state index contributed by atoms with van der Waals surface area (Å²) in [6.07, 6.45) is 1.65. The Hall–Kier alpha value is -1.64. The molecule has 2 N–H and O–H groups in total. The molecule has 2 rings (SSSR count). The van der Waals surface area contributed by atoms with Crippen molar-refractivity contribution in [2.24, 2.45) is 0 Å². The molecule has 7 nitrogen and oxygen atoms in total. The molecule has 0 aromatic carbocycles. The summed E-state index contributed by atoms with van der Waals surface area (Å²) in [7, 11) is 1.31. The minimum atomic E-state index is -0.465. The number of piperidine rings is 1. The van der Waals surface area contributed by atoms with Gasteiger partial charge in [-0.2, -0.15) is 0 Å². The van der Waals surface area contributed by atoms with Crippen molar-refractivity contribution in [3.63, 3.8) is 0 Å². The highest BCUT2D eigenvalue weighted by molar-refractivity contribution is 7.12. The number of amides is 2. The maximum atomic E-state index is 12.3. The van der Waals surface area contributed by atoms with Crippen LogP contribution in [0, 0.1) is 0 Å². The molecule has 2 heterocycles. The second-order valence-corrected chi connectivity index (χ2v) is 5.81. The second kappa shape index (κ2) is 8.11. The first-order valence-electron chi connectivity index (χ1n) is 7.10. The zero-order valence-corrected chi connectivity index (χ0v) is 13.2. The van der Waals surface area contributed by atoms with Crippen molar-refractivity contribution in [2.45, 2.75) is 18.9 Å². The smallest absolute Gasteiger partial charge is 0.350 e. The minimum absolute atomic E-state index is 0.0277. The number of nitrogens with zero attached hydrogens (tertiary/aromatic N) is 1. The molecule has 1 saturated heterocycles. The fourth-order valence-electron chi connectivity index (χ4n) is 2.33. The van der Waals surface area contributed by atoms with Gasteiger partial charge in [0.2, 0.25) is 0 Å². The molecule has 0 radical (unpaired) electrons. The van der Waals surface area contributed by atoms with Crippen molar-refractivity contribution in [3.05, 3.63) is 16.3 Å². The van der Waals surface area contributed by atoms with Crippen molar-refractivity contribution >= 4 is 29.0 Å². The monoisotopic (exact) mass is 328 g/mol. The van der Waals surface area contributed by atoms with Crippen LogP contribution in [0.3, 0.4) is 0 Å². The molecule has 2 amide bonds. The molecule has 0 spiro atoms. The summed E-state index contributed by atoms with van der Waals surface area (Å²) in [5, 5.41) is 13.3. The van der Waals surface area contributed by atoms with Crippen molar-refractivity contribution in [3.8, 4) is 0 Å². The van der Waals surface area contributed by atoms with Gasteiger partial charge in [0.05, 0.1) is 32.1 Å². The van der Waals surface area contributed by atoms with Crippen LogP contribution in [-0.4, -0.2) is 61.5 Å². The highest BCUT2D eigenvalue weighted by Gasteiger charge is 2.25. The predicted octanol–water partition coefficient (Wildman–Crippen LogP) is 1.54. The van der Waals surface area contributed by atoms with E-state index in [9.17, 15) is 9.59 Å². The van der Waals surface area contributed by atoms with Gasteiger partial charge in [-0.3, -0.25) is 0 Å². The van der Waals surface area contributed by atoms with Crippen molar-refractivity contribution in [1.29, 1.82) is 0 Å². The molecule has 0 aliphatic carbocycles. The average molecular weight is 328 g/mol. The molecule has 1 aromatic rings. The van der Waals surface area contributed by atoms with Gasteiger partial charge >= 0.3 is 12.0 Å². The molecule has 1 aliphatic heterocycles. The predicted molar refractivity (Wildman–Crippen MR) is 82.3 cm³/mol. The molecule has 0 saturated carbocycles. The number of rotatable bonds is 5. The fraction of sp³-hybridized carbons (Fsp3) is 0.571. The van der Waals surface area contributed by atoms with Gasteiger partial charge < -0.3 is 24.8 Å². The lowest BCUT2D eigenvalue weighted by molar-refractivity contribution is -0.00462. The Bertz CT molecular complexity index is 519. The van der Waals surface area contributed by atoms with E-state index in [1.54, 1.807) is 16.3 Å². The van der Waals surface area contributed by atoms with Crippen LogP contribution in [0.1, 0.15) is 22.5 Å². The number of likely N-dealkylation sites (tertiary alicyclic amines) is 1. The summed E-state index contributed by atoms with van der Waals surface area (Å²) in [4.78, 5) is 25.9. The Morgan fingerprint density at radius 2 is 2.36 bits per heavy atom. The highest BCUT2D eigenvalue weighted by Crippen LogP contribution is 2.24. The number of methoxy groups -OCH3 is 1. The number of aliphatic hydroxyl groups is 1. The Morgan fingerprint density at radius 3 is 3.09 bits per heavy atom. The van der Waals surface area contributed by atoms with E-state index >= 15 is 0 Å². The normalized spacial score (nSPS) is 18.1. The van der Waals surface area contributed by atoms with E-state index < -0.39 is 5.97 Å². The number of carbonyl (C=O) groups is 2. The molecule has 122 valence electrons. The number of anilines is 1. The first kappa shape index (κ1) is 16.7. The number of urea groups is 1. The molecule has 1 fully saturated rings. The number of ether oxygens (including phenoxy) is 2. The molecule has 0 unspecified atom stereocenters. The van der Waals surface area contributed by atoms with Gasteiger partial charge in [0, 0.05) is 13.1 Å². The zero-order chi connectivity index (χ0) is 15.9. The first-order chi connectivity index (χ1) is 10.7. The van der Waals surface area contributed by atoms with Crippen molar-refractivity contribution in [1.82, 2.24) is 4.90 Å². The summed E-state index contributed by atoms with van der Waals surface area (Å²) in [6.45, 7) is 1.36. The zero-order valence-electron chi connectivity index (χ0n) is 12.4. The topological polar surface area (TPSA) is 88.1 Å². The van der Waals surface area contributed by atoms with Crippen LogP contribution in [0.15, 0.2) is 11.4 Å². The summed E-state index contributed by atoms with van der Waals surface area (Å²) >= 11 is 1.22. The number of nitrogens with one attached hydrogen (secondary N) is 1. The Morgan fingerprint density at radius 1 is 1.55 bits per heavy atom. The summed E-state index contributed by atoms with van der Waals surface area (Å²) in [5.41, 5.74) is 0.459. The van der Waals surface area contributed by atoms with E-state index in [0.717, 1.165) is 12.8 Å². The molecule has 0 bridgehead atoms. The summed E-state index contributed by atoms with van der Waals surface area (Å²) in [5.74, 6) is -0.465. The van der Waals surface area contributed by atoms with Crippen LogP contribution < -0.4 is 5.32 Å². The number of thiophene rings is 1. The third-order valence-corrected chi connectivity index (χ3v) is 4.28.